The van der Waals surface area contributed by atoms with Crippen molar-refractivity contribution in [3.8, 4) is 5.75 Å². The zero-order valence-electron chi connectivity index (χ0n) is 10.6. The van der Waals surface area contributed by atoms with Crippen molar-refractivity contribution < 1.29 is 4.74 Å². The van der Waals surface area contributed by atoms with Gasteiger partial charge in [0.05, 0.1) is 7.11 Å². The maximum atomic E-state index is 6.21. The highest BCUT2D eigenvalue weighted by Gasteiger charge is 2.10. The number of benzene rings is 2. The molecular weight excluding hydrogens is 326 g/mol. The summed E-state index contributed by atoms with van der Waals surface area (Å²) in [5.41, 5.74) is 8.33. The second kappa shape index (κ2) is 6.42. The average Bonchev–Trinajstić information content (AvgIpc) is 2.42. The molecule has 0 saturated carbocycles. The zero-order valence-corrected chi connectivity index (χ0v) is 12.9. The molecule has 0 aromatic heterocycles. The highest BCUT2D eigenvalue weighted by atomic mass is 79.9. The number of hydrogen-bond acceptors (Lipinski definition) is 2. The van der Waals surface area contributed by atoms with Gasteiger partial charge in [-0.1, -0.05) is 45.7 Å². The number of hydrogen-bond donors (Lipinski definition) is 1. The van der Waals surface area contributed by atoms with E-state index in [1.165, 1.54) is 0 Å². The highest BCUT2D eigenvalue weighted by molar-refractivity contribution is 9.10. The quantitative estimate of drug-likeness (QED) is 0.898. The Labute approximate surface area is 126 Å². The monoisotopic (exact) mass is 339 g/mol. The molecule has 19 heavy (non-hydrogen) atoms. The highest BCUT2D eigenvalue weighted by Crippen LogP contribution is 2.26. The van der Waals surface area contributed by atoms with Crippen LogP contribution in [0.15, 0.2) is 46.9 Å². The molecule has 0 aliphatic rings. The van der Waals surface area contributed by atoms with E-state index in [2.05, 4.69) is 15.9 Å². The van der Waals surface area contributed by atoms with Crippen molar-refractivity contribution >= 4 is 27.5 Å². The standard InChI is InChI=1S/C15H15BrClNO/c1-19-13-6-3-10(4-7-13)15(18)8-11-2-5-12(16)9-14(11)17/h2-7,9,15H,8,18H2,1H3. The molecule has 0 amide bonds. The normalized spacial score (nSPS) is 12.2. The lowest BCUT2D eigenvalue weighted by Crippen LogP contribution is -2.13. The molecule has 2 aromatic rings. The molecule has 0 spiro atoms. The summed E-state index contributed by atoms with van der Waals surface area (Å²) < 4.78 is 6.10. The number of rotatable bonds is 4. The van der Waals surface area contributed by atoms with E-state index in [1.807, 2.05) is 42.5 Å². The first kappa shape index (κ1) is 14.4. The molecular formula is C15H15BrClNO. The van der Waals surface area contributed by atoms with Gasteiger partial charge in [0.2, 0.25) is 0 Å². The number of halogens is 2. The Morgan fingerprint density at radius 2 is 1.89 bits per heavy atom. The van der Waals surface area contributed by atoms with Gasteiger partial charge >= 0.3 is 0 Å². The van der Waals surface area contributed by atoms with Crippen LogP contribution in [0.3, 0.4) is 0 Å². The first-order valence-corrected chi connectivity index (χ1v) is 7.10. The molecule has 1 unspecified atom stereocenters. The first-order valence-electron chi connectivity index (χ1n) is 5.93. The minimum absolute atomic E-state index is 0.0791. The van der Waals surface area contributed by atoms with E-state index in [-0.39, 0.29) is 6.04 Å². The molecule has 0 fully saturated rings. The summed E-state index contributed by atoms with van der Waals surface area (Å²) in [5.74, 6) is 0.831. The van der Waals surface area contributed by atoms with Crippen LogP contribution in [-0.2, 0) is 6.42 Å². The SMILES string of the molecule is COc1ccc(C(N)Cc2ccc(Br)cc2Cl)cc1. The van der Waals surface area contributed by atoms with Crippen LogP contribution < -0.4 is 10.5 Å². The largest absolute Gasteiger partial charge is 0.497 e. The molecule has 0 saturated heterocycles. The van der Waals surface area contributed by atoms with Crippen molar-refractivity contribution in [2.24, 2.45) is 5.73 Å². The van der Waals surface area contributed by atoms with Crippen molar-refractivity contribution in [1.29, 1.82) is 0 Å². The Morgan fingerprint density at radius 1 is 1.21 bits per heavy atom. The van der Waals surface area contributed by atoms with Crippen LogP contribution >= 0.6 is 27.5 Å². The number of ether oxygens (including phenoxy) is 1. The predicted octanol–water partition coefficient (Wildman–Crippen LogP) is 4.35. The third-order valence-corrected chi connectivity index (χ3v) is 3.84. The molecule has 2 N–H and O–H groups in total. The van der Waals surface area contributed by atoms with E-state index < -0.39 is 0 Å². The summed E-state index contributed by atoms with van der Waals surface area (Å²) >= 11 is 9.60. The van der Waals surface area contributed by atoms with Gasteiger partial charge in [-0.15, -0.1) is 0 Å². The van der Waals surface area contributed by atoms with Crippen molar-refractivity contribution in [3.05, 3.63) is 63.1 Å². The fraction of sp³-hybridized carbons (Fsp3) is 0.200. The van der Waals surface area contributed by atoms with Gasteiger partial charge < -0.3 is 10.5 Å². The second-order valence-corrected chi connectivity index (χ2v) is 5.64. The molecule has 0 aliphatic heterocycles. The maximum absolute atomic E-state index is 6.21. The van der Waals surface area contributed by atoms with Crippen molar-refractivity contribution in [2.45, 2.75) is 12.5 Å². The Bertz CT molecular complexity index is 557. The zero-order chi connectivity index (χ0) is 13.8. The van der Waals surface area contributed by atoms with Crippen LogP contribution in [-0.4, -0.2) is 7.11 Å². The Morgan fingerprint density at radius 3 is 2.47 bits per heavy atom. The molecule has 0 bridgehead atoms. The molecule has 0 heterocycles. The van der Waals surface area contributed by atoms with Crippen molar-refractivity contribution in [2.75, 3.05) is 7.11 Å². The van der Waals surface area contributed by atoms with Gasteiger partial charge in [-0.2, -0.15) is 0 Å². The molecule has 2 rings (SSSR count). The van der Waals surface area contributed by atoms with Gasteiger partial charge in [-0.05, 0) is 41.8 Å². The molecule has 1 atom stereocenters. The molecule has 4 heteroatoms. The molecule has 0 aliphatic carbocycles. The lowest BCUT2D eigenvalue weighted by atomic mass is 9.99. The molecule has 2 nitrogen and oxygen atoms in total. The number of nitrogens with two attached hydrogens (primary N) is 1. The third kappa shape index (κ3) is 3.72. The van der Waals surface area contributed by atoms with E-state index >= 15 is 0 Å². The summed E-state index contributed by atoms with van der Waals surface area (Å²) in [6.45, 7) is 0. The van der Waals surface area contributed by atoms with E-state index in [0.29, 0.717) is 6.42 Å². The maximum Gasteiger partial charge on any atom is 0.118 e. The van der Waals surface area contributed by atoms with Crippen LogP contribution in [0, 0.1) is 0 Å². The molecule has 100 valence electrons. The van der Waals surface area contributed by atoms with Crippen LogP contribution in [0.4, 0.5) is 0 Å². The second-order valence-electron chi connectivity index (χ2n) is 4.32. The van der Waals surface area contributed by atoms with Crippen LogP contribution in [0.2, 0.25) is 5.02 Å². The van der Waals surface area contributed by atoms with Crippen LogP contribution in [0.5, 0.6) is 5.75 Å². The number of methoxy groups -OCH3 is 1. The molecule has 2 aromatic carbocycles. The summed E-state index contributed by atoms with van der Waals surface area (Å²) in [5, 5.41) is 0.735. The average molecular weight is 341 g/mol. The topological polar surface area (TPSA) is 35.2 Å². The van der Waals surface area contributed by atoms with Crippen LogP contribution in [0.25, 0.3) is 0 Å². The lowest BCUT2D eigenvalue weighted by Gasteiger charge is -2.14. The minimum atomic E-state index is -0.0791. The minimum Gasteiger partial charge on any atom is -0.497 e. The Kier molecular flexibility index (Phi) is 4.86. The van der Waals surface area contributed by atoms with Gasteiger partial charge in [0.25, 0.3) is 0 Å². The van der Waals surface area contributed by atoms with Crippen molar-refractivity contribution in [3.63, 3.8) is 0 Å². The summed E-state index contributed by atoms with van der Waals surface area (Å²) in [7, 11) is 1.65. The summed E-state index contributed by atoms with van der Waals surface area (Å²) in [6.07, 6.45) is 0.707. The summed E-state index contributed by atoms with van der Waals surface area (Å²) in [6, 6.07) is 13.6. The van der Waals surface area contributed by atoms with E-state index in [9.17, 15) is 0 Å². The Balaban J connectivity index is 2.13. The van der Waals surface area contributed by atoms with E-state index in [0.717, 1.165) is 26.4 Å². The molecule has 0 radical (unpaired) electrons. The Hall–Kier alpha value is -1.03. The fourth-order valence-corrected chi connectivity index (χ4v) is 2.64. The summed E-state index contributed by atoms with van der Waals surface area (Å²) in [4.78, 5) is 0. The van der Waals surface area contributed by atoms with E-state index in [4.69, 9.17) is 22.1 Å². The smallest absolute Gasteiger partial charge is 0.118 e. The van der Waals surface area contributed by atoms with E-state index in [1.54, 1.807) is 7.11 Å². The first-order chi connectivity index (χ1) is 9.10. The van der Waals surface area contributed by atoms with Gasteiger partial charge in [0.15, 0.2) is 0 Å². The van der Waals surface area contributed by atoms with Crippen molar-refractivity contribution in [1.82, 2.24) is 0 Å². The van der Waals surface area contributed by atoms with Crippen LogP contribution in [0.1, 0.15) is 17.2 Å². The van der Waals surface area contributed by atoms with Gasteiger partial charge in [-0.25, -0.2) is 0 Å². The fourth-order valence-electron chi connectivity index (χ4n) is 1.89. The van der Waals surface area contributed by atoms with Gasteiger partial charge in [0.1, 0.15) is 5.75 Å². The third-order valence-electron chi connectivity index (χ3n) is 3.00. The van der Waals surface area contributed by atoms with Gasteiger partial charge in [-0.3, -0.25) is 0 Å². The van der Waals surface area contributed by atoms with Gasteiger partial charge in [0, 0.05) is 15.5 Å². The predicted molar refractivity (Wildman–Crippen MR) is 82.8 cm³/mol. The lowest BCUT2D eigenvalue weighted by molar-refractivity contribution is 0.414.